The number of ether oxygens (including phenoxy) is 1. The molecular weight excluding hydrogens is 382 g/mol. The van der Waals surface area contributed by atoms with E-state index in [4.69, 9.17) is 10.5 Å². The van der Waals surface area contributed by atoms with Gasteiger partial charge in [-0.3, -0.25) is 9.59 Å². The van der Waals surface area contributed by atoms with Crippen LogP contribution in [-0.4, -0.2) is 40.0 Å². The first-order valence-electron chi connectivity index (χ1n) is 10.2. The molecule has 4 N–H and O–H groups in total. The lowest BCUT2D eigenvalue weighted by Gasteiger charge is -2.35. The van der Waals surface area contributed by atoms with Crippen molar-refractivity contribution in [3.8, 4) is 0 Å². The number of esters is 1. The van der Waals surface area contributed by atoms with Gasteiger partial charge in [0.25, 0.3) is 0 Å². The predicted octanol–water partition coefficient (Wildman–Crippen LogP) is 2.47. The molecule has 0 fully saturated rings. The van der Waals surface area contributed by atoms with E-state index < -0.39 is 40.0 Å². The Balaban J connectivity index is 2.90. The first kappa shape index (κ1) is 25.6. The number of carbonyl (C=O) groups excluding carboxylic acids is 3. The van der Waals surface area contributed by atoms with Crippen LogP contribution in [0.1, 0.15) is 67.4 Å². The van der Waals surface area contributed by atoms with Crippen LogP contribution < -0.4 is 16.4 Å². The molecule has 7 heteroatoms. The van der Waals surface area contributed by atoms with Crippen LogP contribution in [0.25, 0.3) is 0 Å². The molecule has 0 aliphatic carbocycles. The number of nitrogens with two attached hydrogens (primary N) is 1. The van der Waals surface area contributed by atoms with Gasteiger partial charge in [-0.25, -0.2) is 4.79 Å². The van der Waals surface area contributed by atoms with Gasteiger partial charge in [0.15, 0.2) is 0 Å². The molecule has 0 saturated heterocycles. The Kier molecular flexibility index (Phi) is 7.83. The maximum absolute atomic E-state index is 13.0. The van der Waals surface area contributed by atoms with Crippen LogP contribution in [0.4, 0.5) is 0 Å². The van der Waals surface area contributed by atoms with Gasteiger partial charge < -0.3 is 21.1 Å². The van der Waals surface area contributed by atoms with Gasteiger partial charge in [0, 0.05) is 0 Å². The summed E-state index contributed by atoms with van der Waals surface area (Å²) in [5.74, 6) is -1.50. The Morgan fingerprint density at radius 1 is 0.867 bits per heavy atom. The first-order valence-corrected chi connectivity index (χ1v) is 10.2. The van der Waals surface area contributed by atoms with Crippen LogP contribution in [0, 0.1) is 0 Å². The normalized spacial score (nSPS) is 14.4. The van der Waals surface area contributed by atoms with E-state index in [1.807, 2.05) is 37.3 Å². The van der Waals surface area contributed by atoms with Crippen molar-refractivity contribution in [1.82, 2.24) is 10.6 Å². The SMILES string of the molecule is CC[C@@](N)(Cc1ccccc1)C(=O)NC(C)(C)C(=O)NC(C)(C)C(=O)OC(C)(C)C. The van der Waals surface area contributed by atoms with Gasteiger partial charge in [-0.1, -0.05) is 37.3 Å². The summed E-state index contributed by atoms with van der Waals surface area (Å²) >= 11 is 0. The smallest absolute Gasteiger partial charge is 0.331 e. The molecule has 0 aliphatic rings. The second-order valence-corrected chi connectivity index (χ2v) is 9.83. The summed E-state index contributed by atoms with van der Waals surface area (Å²) in [5.41, 5.74) is 2.95. The van der Waals surface area contributed by atoms with Gasteiger partial charge in [0.2, 0.25) is 11.8 Å². The van der Waals surface area contributed by atoms with E-state index in [0.717, 1.165) is 5.56 Å². The van der Waals surface area contributed by atoms with E-state index in [1.54, 1.807) is 48.5 Å². The maximum Gasteiger partial charge on any atom is 0.331 e. The molecule has 1 atom stereocenters. The van der Waals surface area contributed by atoms with Gasteiger partial charge in [-0.15, -0.1) is 0 Å². The topological polar surface area (TPSA) is 111 Å². The number of benzene rings is 1. The number of carbonyl (C=O) groups is 3. The third kappa shape index (κ3) is 7.13. The van der Waals surface area contributed by atoms with Crippen molar-refractivity contribution in [3.05, 3.63) is 35.9 Å². The fraction of sp³-hybridized carbons (Fsp3) is 0.609. The molecule has 1 aromatic rings. The minimum Gasteiger partial charge on any atom is -0.458 e. The molecule has 0 aromatic heterocycles. The van der Waals surface area contributed by atoms with Crippen molar-refractivity contribution in [2.75, 3.05) is 0 Å². The number of rotatable bonds is 8. The van der Waals surface area contributed by atoms with Crippen LogP contribution in [-0.2, 0) is 25.5 Å². The highest BCUT2D eigenvalue weighted by Gasteiger charge is 2.42. The Hall–Kier alpha value is -2.41. The Morgan fingerprint density at radius 2 is 1.37 bits per heavy atom. The van der Waals surface area contributed by atoms with E-state index in [1.165, 1.54) is 0 Å². The van der Waals surface area contributed by atoms with Gasteiger partial charge in [-0.05, 0) is 66.9 Å². The Morgan fingerprint density at radius 3 is 1.83 bits per heavy atom. The van der Waals surface area contributed by atoms with Crippen LogP contribution in [0.3, 0.4) is 0 Å². The van der Waals surface area contributed by atoms with Crippen molar-refractivity contribution in [2.45, 2.75) is 90.4 Å². The van der Waals surface area contributed by atoms with E-state index in [0.29, 0.717) is 12.8 Å². The monoisotopic (exact) mass is 419 g/mol. The third-order valence-corrected chi connectivity index (χ3v) is 4.77. The van der Waals surface area contributed by atoms with Crippen LogP contribution in [0.15, 0.2) is 30.3 Å². The zero-order valence-corrected chi connectivity index (χ0v) is 19.5. The van der Waals surface area contributed by atoms with Gasteiger partial charge in [0.1, 0.15) is 16.7 Å². The summed E-state index contributed by atoms with van der Waals surface area (Å²) in [5, 5.41) is 5.42. The van der Waals surface area contributed by atoms with E-state index in [9.17, 15) is 14.4 Å². The van der Waals surface area contributed by atoms with Crippen molar-refractivity contribution in [3.63, 3.8) is 0 Å². The minimum atomic E-state index is -1.28. The number of amides is 2. The second kappa shape index (κ2) is 9.16. The van der Waals surface area contributed by atoms with Crippen LogP contribution in [0.2, 0.25) is 0 Å². The third-order valence-electron chi connectivity index (χ3n) is 4.77. The molecular formula is C23H37N3O4. The Bertz CT molecular complexity index is 766. The summed E-state index contributed by atoms with van der Waals surface area (Å²) in [4.78, 5) is 38.3. The molecule has 0 spiro atoms. The molecule has 0 bridgehead atoms. The standard InChI is InChI=1S/C23H37N3O4/c1-9-23(24,15-16-13-11-10-12-14-16)18(28)26-21(5,6)17(27)25-22(7,8)19(29)30-20(2,3)4/h10-14H,9,15,24H2,1-8H3,(H,25,27)(H,26,28)/t23-/m1/s1. The summed E-state index contributed by atoms with van der Waals surface area (Å²) in [6, 6.07) is 9.49. The predicted molar refractivity (Wildman–Crippen MR) is 118 cm³/mol. The highest BCUT2D eigenvalue weighted by Crippen LogP contribution is 2.19. The highest BCUT2D eigenvalue weighted by atomic mass is 16.6. The summed E-state index contributed by atoms with van der Waals surface area (Å²) in [6.45, 7) is 13.4. The molecule has 1 rings (SSSR count). The average Bonchev–Trinajstić information content (AvgIpc) is 2.60. The zero-order chi connectivity index (χ0) is 23.4. The lowest BCUT2D eigenvalue weighted by molar-refractivity contribution is -0.163. The molecule has 0 aliphatic heterocycles. The van der Waals surface area contributed by atoms with Gasteiger partial charge in [0.05, 0.1) is 5.54 Å². The fourth-order valence-corrected chi connectivity index (χ4v) is 2.69. The number of hydrogen-bond donors (Lipinski definition) is 3. The first-order chi connectivity index (χ1) is 13.5. The zero-order valence-electron chi connectivity index (χ0n) is 19.5. The fourth-order valence-electron chi connectivity index (χ4n) is 2.69. The Labute approximate surface area is 180 Å². The van der Waals surface area contributed by atoms with E-state index >= 15 is 0 Å². The molecule has 7 nitrogen and oxygen atoms in total. The molecule has 1 aromatic carbocycles. The largest absolute Gasteiger partial charge is 0.458 e. The molecule has 0 heterocycles. The molecule has 0 radical (unpaired) electrons. The average molecular weight is 420 g/mol. The summed E-state index contributed by atoms with van der Waals surface area (Å²) in [7, 11) is 0. The van der Waals surface area contributed by atoms with E-state index in [-0.39, 0.29) is 0 Å². The summed E-state index contributed by atoms with van der Waals surface area (Å²) < 4.78 is 5.37. The van der Waals surface area contributed by atoms with Crippen molar-refractivity contribution < 1.29 is 19.1 Å². The molecule has 0 saturated carbocycles. The van der Waals surface area contributed by atoms with Crippen molar-refractivity contribution in [1.29, 1.82) is 0 Å². The lowest BCUT2D eigenvalue weighted by Crippen LogP contribution is -2.66. The summed E-state index contributed by atoms with van der Waals surface area (Å²) in [6.07, 6.45) is 0.742. The minimum absolute atomic E-state index is 0.345. The maximum atomic E-state index is 13.0. The molecule has 30 heavy (non-hydrogen) atoms. The van der Waals surface area contributed by atoms with Crippen LogP contribution in [0.5, 0.6) is 0 Å². The van der Waals surface area contributed by atoms with Gasteiger partial charge in [-0.2, -0.15) is 0 Å². The molecule has 168 valence electrons. The second-order valence-electron chi connectivity index (χ2n) is 9.83. The van der Waals surface area contributed by atoms with E-state index in [2.05, 4.69) is 10.6 Å². The molecule has 2 amide bonds. The van der Waals surface area contributed by atoms with Gasteiger partial charge >= 0.3 is 5.97 Å². The molecule has 0 unspecified atom stereocenters. The highest BCUT2D eigenvalue weighted by molar-refractivity contribution is 5.96. The number of hydrogen-bond acceptors (Lipinski definition) is 5. The quantitative estimate of drug-likeness (QED) is 0.561. The van der Waals surface area contributed by atoms with Crippen molar-refractivity contribution in [2.24, 2.45) is 5.73 Å². The van der Waals surface area contributed by atoms with Crippen LogP contribution >= 0.6 is 0 Å². The lowest BCUT2D eigenvalue weighted by atomic mass is 9.87. The number of nitrogens with one attached hydrogen (secondary N) is 2. The van der Waals surface area contributed by atoms with Crippen molar-refractivity contribution >= 4 is 17.8 Å².